The Balaban J connectivity index is -0.0000000708. The summed E-state index contributed by atoms with van der Waals surface area (Å²) in [5.74, 6) is 0. The average Bonchev–Trinajstić information content (AvgIpc) is 2.24. The second-order valence-electron chi connectivity index (χ2n) is 1.15. The van der Waals surface area contributed by atoms with Crippen molar-refractivity contribution < 1.29 is 18.9 Å². The fourth-order valence-corrected chi connectivity index (χ4v) is 1.54. The van der Waals surface area contributed by atoms with Gasteiger partial charge in [-0.2, -0.15) is 9.79 Å². The summed E-state index contributed by atoms with van der Waals surface area (Å²) in [6.07, 6.45) is -0.165. The van der Waals surface area contributed by atoms with Crippen LogP contribution in [0.15, 0.2) is 39.5 Å². The van der Waals surface area contributed by atoms with Gasteiger partial charge in [0.15, 0.2) is 0 Å². The molecule has 0 spiro atoms. The van der Waals surface area contributed by atoms with Gasteiger partial charge in [0.1, 0.15) is 0 Å². The standard InChI is InChI=1S/C2H4O4P2.3C2H4/c3-7(4)1-2-8(5)6;3*1-2/h1-2H2;3*1-2H2/p+2. The Labute approximate surface area is 87.4 Å². The van der Waals surface area contributed by atoms with Crippen LogP contribution in [-0.2, 0) is 9.13 Å². The Bertz CT molecular complexity index is 132. The van der Waals surface area contributed by atoms with Crippen LogP contribution in [0, 0.1) is 0 Å². The molecule has 0 saturated heterocycles. The molecule has 14 heavy (non-hydrogen) atoms. The summed E-state index contributed by atoms with van der Waals surface area (Å²) in [6, 6.07) is 0. The zero-order chi connectivity index (χ0) is 12.6. The van der Waals surface area contributed by atoms with Gasteiger partial charge in [-0.05, 0) is 9.13 Å². The minimum Gasteiger partial charge on any atom is -0.161 e. The van der Waals surface area contributed by atoms with Crippen molar-refractivity contribution in [3.8, 4) is 0 Å². The van der Waals surface area contributed by atoms with Gasteiger partial charge in [0.2, 0.25) is 12.3 Å². The zero-order valence-electron chi connectivity index (χ0n) is 8.26. The number of hydrogen-bond acceptors (Lipinski definition) is 2. The van der Waals surface area contributed by atoms with Crippen LogP contribution in [0.4, 0.5) is 0 Å². The quantitative estimate of drug-likeness (QED) is 0.587. The average molecular weight is 240 g/mol. The molecule has 6 heteroatoms. The first-order valence-corrected chi connectivity index (χ1v) is 6.19. The van der Waals surface area contributed by atoms with E-state index in [2.05, 4.69) is 39.5 Å². The molecule has 0 aromatic rings. The lowest BCUT2D eigenvalue weighted by atomic mass is 11.0. The van der Waals surface area contributed by atoms with Crippen molar-refractivity contribution in [3.63, 3.8) is 0 Å². The normalized spacial score (nSPS) is 8.43. The third kappa shape index (κ3) is 64.4. The molecule has 0 aliphatic carbocycles. The highest BCUT2D eigenvalue weighted by Crippen LogP contribution is 2.20. The van der Waals surface area contributed by atoms with Gasteiger partial charge in [0.25, 0.3) is 0 Å². The maximum absolute atomic E-state index is 9.81. The van der Waals surface area contributed by atoms with Crippen LogP contribution in [-0.4, -0.2) is 22.1 Å². The van der Waals surface area contributed by atoms with E-state index < -0.39 is 16.1 Å². The fraction of sp³-hybridized carbons (Fsp3) is 0.250. The van der Waals surface area contributed by atoms with Gasteiger partial charge in [0, 0.05) is 0 Å². The molecule has 0 aromatic heterocycles. The molecule has 0 aromatic carbocycles. The Morgan fingerprint density at radius 3 is 0.929 bits per heavy atom. The molecule has 2 N–H and O–H groups in total. The Morgan fingerprint density at radius 2 is 0.857 bits per heavy atom. The summed E-state index contributed by atoms with van der Waals surface area (Å²) < 4.78 is 19.6. The zero-order valence-corrected chi connectivity index (χ0v) is 10.1. The molecule has 4 nitrogen and oxygen atoms in total. The van der Waals surface area contributed by atoms with Gasteiger partial charge in [0.05, 0.1) is 0 Å². The Kier molecular flexibility index (Phi) is 49.0. The summed E-state index contributed by atoms with van der Waals surface area (Å²) in [4.78, 5) is 16.1. The molecular formula is C8H18O4P2+2. The third-order valence-corrected chi connectivity index (χ3v) is 2.05. The molecule has 82 valence electrons. The van der Waals surface area contributed by atoms with Gasteiger partial charge in [-0.3, -0.25) is 0 Å². The van der Waals surface area contributed by atoms with Crippen molar-refractivity contribution in [1.29, 1.82) is 0 Å². The first-order chi connectivity index (χ1) is 6.63. The van der Waals surface area contributed by atoms with E-state index in [9.17, 15) is 9.13 Å². The SMILES string of the molecule is C=C.C=C.C=C.O=[P+](O)CC[P+](=O)O. The molecule has 2 atom stereocenters. The second kappa shape index (κ2) is 29.5. The van der Waals surface area contributed by atoms with E-state index >= 15 is 0 Å². The molecule has 0 saturated carbocycles. The topological polar surface area (TPSA) is 74.6 Å². The van der Waals surface area contributed by atoms with E-state index in [1.807, 2.05) is 0 Å². The van der Waals surface area contributed by atoms with E-state index in [1.54, 1.807) is 0 Å². The fourth-order valence-electron chi connectivity index (χ4n) is 0.171. The van der Waals surface area contributed by atoms with Crippen LogP contribution in [0.5, 0.6) is 0 Å². The molecule has 0 aliphatic heterocycles. The summed E-state index contributed by atoms with van der Waals surface area (Å²) in [5, 5.41) is 0. The maximum atomic E-state index is 9.81. The molecule has 0 fully saturated rings. The van der Waals surface area contributed by atoms with Crippen LogP contribution in [0.3, 0.4) is 0 Å². The molecule has 0 amide bonds. The van der Waals surface area contributed by atoms with Crippen molar-refractivity contribution >= 4 is 16.1 Å². The largest absolute Gasteiger partial charge is 0.510 e. The third-order valence-electron chi connectivity index (χ3n) is 0.483. The second-order valence-corrected chi connectivity index (χ2v) is 3.45. The lowest BCUT2D eigenvalue weighted by Gasteiger charge is -1.64. The smallest absolute Gasteiger partial charge is 0.161 e. The van der Waals surface area contributed by atoms with E-state index in [0.29, 0.717) is 0 Å². The summed E-state index contributed by atoms with van der Waals surface area (Å²) in [7, 11) is -4.45. The van der Waals surface area contributed by atoms with Crippen molar-refractivity contribution in [3.05, 3.63) is 39.5 Å². The molecular weight excluding hydrogens is 222 g/mol. The first-order valence-electron chi connectivity index (χ1n) is 3.40. The predicted octanol–water partition coefficient (Wildman–Crippen LogP) is 2.86. The van der Waals surface area contributed by atoms with Crippen molar-refractivity contribution in [1.82, 2.24) is 0 Å². The molecule has 2 unspecified atom stereocenters. The lowest BCUT2D eigenvalue weighted by molar-refractivity contribution is 0.494. The van der Waals surface area contributed by atoms with Gasteiger partial charge >= 0.3 is 16.1 Å². The minimum absolute atomic E-state index is 0.0823. The monoisotopic (exact) mass is 240 g/mol. The maximum Gasteiger partial charge on any atom is 0.510 e. The van der Waals surface area contributed by atoms with Gasteiger partial charge in [-0.15, -0.1) is 39.5 Å². The van der Waals surface area contributed by atoms with Gasteiger partial charge in [-0.25, -0.2) is 0 Å². The van der Waals surface area contributed by atoms with E-state index in [4.69, 9.17) is 9.79 Å². The first kappa shape index (κ1) is 23.3. The number of rotatable bonds is 3. The molecule has 0 aliphatic rings. The van der Waals surface area contributed by atoms with Gasteiger partial charge in [-0.1, -0.05) is 0 Å². The minimum atomic E-state index is -2.23. The van der Waals surface area contributed by atoms with E-state index in [1.165, 1.54) is 0 Å². The summed E-state index contributed by atoms with van der Waals surface area (Å²) in [5.41, 5.74) is 0. The lowest BCUT2D eigenvalue weighted by Crippen LogP contribution is -1.79. The predicted molar refractivity (Wildman–Crippen MR) is 63.1 cm³/mol. The number of hydrogen-bond donors (Lipinski definition) is 2. The van der Waals surface area contributed by atoms with Crippen molar-refractivity contribution in [2.45, 2.75) is 0 Å². The summed E-state index contributed by atoms with van der Waals surface area (Å²) >= 11 is 0. The van der Waals surface area contributed by atoms with E-state index in [-0.39, 0.29) is 12.3 Å². The van der Waals surface area contributed by atoms with Crippen LogP contribution in [0.25, 0.3) is 0 Å². The molecule has 0 rings (SSSR count). The van der Waals surface area contributed by atoms with Crippen LogP contribution >= 0.6 is 16.1 Å². The van der Waals surface area contributed by atoms with Crippen molar-refractivity contribution in [2.75, 3.05) is 12.3 Å². The molecule has 0 bridgehead atoms. The Hall–Kier alpha value is -0.660. The highest BCUT2D eigenvalue weighted by molar-refractivity contribution is 7.42. The van der Waals surface area contributed by atoms with E-state index in [0.717, 1.165) is 0 Å². The molecule has 0 heterocycles. The van der Waals surface area contributed by atoms with Crippen LogP contribution in [0.2, 0.25) is 0 Å². The Morgan fingerprint density at radius 1 is 0.714 bits per heavy atom. The summed E-state index contributed by atoms with van der Waals surface area (Å²) in [6.45, 7) is 18.0. The van der Waals surface area contributed by atoms with Gasteiger partial charge < -0.3 is 0 Å². The van der Waals surface area contributed by atoms with Crippen molar-refractivity contribution in [2.24, 2.45) is 0 Å². The van der Waals surface area contributed by atoms with Crippen LogP contribution in [0.1, 0.15) is 0 Å². The highest BCUT2D eigenvalue weighted by atomic mass is 31.1. The molecule has 0 radical (unpaired) electrons. The van der Waals surface area contributed by atoms with Crippen LogP contribution < -0.4 is 0 Å². The highest BCUT2D eigenvalue weighted by Gasteiger charge is 2.20.